The van der Waals surface area contributed by atoms with Crippen LogP contribution in [0.5, 0.6) is 0 Å². The van der Waals surface area contributed by atoms with Gasteiger partial charge in [-0.3, -0.25) is 4.79 Å². The Kier molecular flexibility index (Phi) is 6.07. The van der Waals surface area contributed by atoms with Gasteiger partial charge in [0.15, 0.2) is 0 Å². The van der Waals surface area contributed by atoms with Crippen molar-refractivity contribution in [2.75, 3.05) is 0 Å². The van der Waals surface area contributed by atoms with Gasteiger partial charge in [-0.15, -0.1) is 0 Å². The SMILES string of the molecule is O=C(O)C1=CCCCC1C(=O)O.[KH]. The summed E-state index contributed by atoms with van der Waals surface area (Å²) in [5.74, 6) is -2.96. The van der Waals surface area contributed by atoms with E-state index in [9.17, 15) is 9.59 Å². The van der Waals surface area contributed by atoms with E-state index < -0.39 is 17.9 Å². The minimum absolute atomic E-state index is 0. The fourth-order valence-corrected chi connectivity index (χ4v) is 1.37. The molecule has 68 valence electrons. The van der Waals surface area contributed by atoms with Crippen LogP contribution in [0.2, 0.25) is 0 Å². The van der Waals surface area contributed by atoms with Crippen LogP contribution in [-0.2, 0) is 9.59 Å². The van der Waals surface area contributed by atoms with E-state index in [1.165, 1.54) is 6.08 Å². The van der Waals surface area contributed by atoms with Gasteiger partial charge in [0.1, 0.15) is 0 Å². The van der Waals surface area contributed by atoms with Crippen molar-refractivity contribution in [3.8, 4) is 0 Å². The Balaban J connectivity index is 0.00000144. The summed E-state index contributed by atoms with van der Waals surface area (Å²) in [6, 6.07) is 0. The number of allylic oxidation sites excluding steroid dienone is 1. The second kappa shape index (κ2) is 5.92. The third-order valence-electron chi connectivity index (χ3n) is 1.98. The number of carboxylic acid groups (broad SMARTS) is 2. The van der Waals surface area contributed by atoms with Gasteiger partial charge in [0.25, 0.3) is 0 Å². The topological polar surface area (TPSA) is 74.6 Å². The van der Waals surface area contributed by atoms with Crippen molar-refractivity contribution < 1.29 is 19.8 Å². The van der Waals surface area contributed by atoms with Crippen molar-refractivity contribution in [2.24, 2.45) is 5.92 Å². The van der Waals surface area contributed by atoms with Gasteiger partial charge >= 0.3 is 63.3 Å². The normalized spacial score (nSPS) is 21.2. The summed E-state index contributed by atoms with van der Waals surface area (Å²) in [6.45, 7) is 0. The monoisotopic (exact) mass is 210 g/mol. The molecule has 1 unspecified atom stereocenters. The molecule has 0 radical (unpaired) electrons. The number of carboxylic acids is 2. The van der Waals surface area contributed by atoms with E-state index in [2.05, 4.69) is 0 Å². The van der Waals surface area contributed by atoms with Crippen molar-refractivity contribution in [1.29, 1.82) is 0 Å². The van der Waals surface area contributed by atoms with Gasteiger partial charge in [0.05, 0.1) is 5.92 Å². The minimum atomic E-state index is -1.11. The fourth-order valence-electron chi connectivity index (χ4n) is 1.37. The van der Waals surface area contributed by atoms with Crippen LogP contribution in [-0.4, -0.2) is 73.5 Å². The van der Waals surface area contributed by atoms with Crippen molar-refractivity contribution >= 4 is 63.3 Å². The molecule has 0 fully saturated rings. The molecule has 0 saturated carbocycles. The molecule has 0 aliphatic heterocycles. The second-order valence-corrected chi connectivity index (χ2v) is 2.79. The first kappa shape index (κ1) is 13.3. The summed E-state index contributed by atoms with van der Waals surface area (Å²) in [6.07, 6.45) is 3.37. The predicted molar refractivity (Wildman–Crippen MR) is 47.8 cm³/mol. The molecule has 0 spiro atoms. The molecule has 13 heavy (non-hydrogen) atoms. The number of carbonyl (C=O) groups is 2. The van der Waals surface area contributed by atoms with E-state index in [4.69, 9.17) is 10.2 Å². The third-order valence-corrected chi connectivity index (χ3v) is 1.98. The first-order valence-corrected chi connectivity index (χ1v) is 3.79. The van der Waals surface area contributed by atoms with Gasteiger partial charge in [0.2, 0.25) is 0 Å². The average Bonchev–Trinajstić information content (AvgIpc) is 2.04. The Morgan fingerprint density at radius 3 is 2.38 bits per heavy atom. The predicted octanol–water partition coefficient (Wildman–Crippen LogP) is 0.234. The van der Waals surface area contributed by atoms with E-state index in [0.717, 1.165) is 6.42 Å². The van der Waals surface area contributed by atoms with Crippen LogP contribution in [0.4, 0.5) is 0 Å². The molecule has 2 N–H and O–H groups in total. The maximum atomic E-state index is 10.6. The summed E-state index contributed by atoms with van der Waals surface area (Å²) in [5.41, 5.74) is 0.0359. The molecule has 0 aromatic heterocycles. The molecule has 0 saturated heterocycles. The Labute approximate surface area is 118 Å². The first-order chi connectivity index (χ1) is 5.63. The van der Waals surface area contributed by atoms with E-state index in [1.807, 2.05) is 0 Å². The van der Waals surface area contributed by atoms with Crippen molar-refractivity contribution in [2.45, 2.75) is 19.3 Å². The van der Waals surface area contributed by atoms with Crippen LogP contribution in [0.25, 0.3) is 0 Å². The molecule has 0 heterocycles. The molecule has 1 atom stereocenters. The van der Waals surface area contributed by atoms with Crippen LogP contribution >= 0.6 is 0 Å². The van der Waals surface area contributed by atoms with Crippen LogP contribution in [0.15, 0.2) is 11.6 Å². The Morgan fingerprint density at radius 1 is 1.38 bits per heavy atom. The molecule has 1 aliphatic rings. The average molecular weight is 210 g/mol. The van der Waals surface area contributed by atoms with Crippen LogP contribution in [0.1, 0.15) is 19.3 Å². The quantitative estimate of drug-likeness (QED) is 0.640. The van der Waals surface area contributed by atoms with Gasteiger partial charge in [0, 0.05) is 5.57 Å². The summed E-state index contributed by atoms with van der Waals surface area (Å²) in [7, 11) is 0. The Morgan fingerprint density at radius 2 is 2.00 bits per heavy atom. The van der Waals surface area contributed by atoms with Gasteiger partial charge in [-0.1, -0.05) is 6.08 Å². The summed E-state index contributed by atoms with van der Waals surface area (Å²) < 4.78 is 0. The maximum absolute atomic E-state index is 10.6. The van der Waals surface area contributed by atoms with Gasteiger partial charge in [-0.25, -0.2) is 4.79 Å². The molecule has 1 rings (SSSR count). The molecule has 4 nitrogen and oxygen atoms in total. The van der Waals surface area contributed by atoms with Crippen molar-refractivity contribution in [3.63, 3.8) is 0 Å². The zero-order chi connectivity index (χ0) is 9.14. The number of aliphatic carboxylic acids is 2. The molecular weight excluding hydrogens is 199 g/mol. The van der Waals surface area contributed by atoms with Crippen molar-refractivity contribution in [3.05, 3.63) is 11.6 Å². The molecule has 5 heteroatoms. The fraction of sp³-hybridized carbons (Fsp3) is 0.500. The Bertz CT molecular complexity index is 247. The molecule has 0 amide bonds. The number of hydrogen-bond acceptors (Lipinski definition) is 2. The zero-order valence-electron chi connectivity index (χ0n) is 6.49. The third kappa shape index (κ3) is 3.51. The second-order valence-electron chi connectivity index (χ2n) is 2.79. The summed E-state index contributed by atoms with van der Waals surface area (Å²) in [4.78, 5) is 21.1. The molecule has 1 aliphatic carbocycles. The van der Waals surface area contributed by atoms with E-state index >= 15 is 0 Å². The van der Waals surface area contributed by atoms with Crippen LogP contribution < -0.4 is 0 Å². The standard InChI is InChI=1S/C8H10O4.K.H/c9-7(10)5-3-1-2-4-6(5)8(11)12;;/h3,6H,1-2,4H2,(H,9,10)(H,11,12);;. The molecule has 0 aromatic rings. The van der Waals surface area contributed by atoms with Gasteiger partial charge < -0.3 is 10.2 Å². The van der Waals surface area contributed by atoms with E-state index in [0.29, 0.717) is 12.8 Å². The summed E-state index contributed by atoms with van der Waals surface area (Å²) in [5, 5.41) is 17.3. The van der Waals surface area contributed by atoms with E-state index in [-0.39, 0.29) is 57.0 Å². The number of hydrogen-bond donors (Lipinski definition) is 2. The van der Waals surface area contributed by atoms with E-state index in [1.54, 1.807) is 0 Å². The van der Waals surface area contributed by atoms with Gasteiger partial charge in [-0.2, -0.15) is 0 Å². The first-order valence-electron chi connectivity index (χ1n) is 3.79. The Hall–Kier alpha value is 0.316. The summed E-state index contributed by atoms with van der Waals surface area (Å²) >= 11 is 0. The molecular formula is C8H11KO4. The molecule has 0 aromatic carbocycles. The molecule has 0 bridgehead atoms. The number of rotatable bonds is 2. The van der Waals surface area contributed by atoms with Crippen molar-refractivity contribution in [1.82, 2.24) is 0 Å². The van der Waals surface area contributed by atoms with Crippen LogP contribution in [0, 0.1) is 5.92 Å². The van der Waals surface area contributed by atoms with Gasteiger partial charge in [-0.05, 0) is 19.3 Å². The van der Waals surface area contributed by atoms with Crippen LogP contribution in [0.3, 0.4) is 0 Å². The zero-order valence-corrected chi connectivity index (χ0v) is 6.49.